The molecule has 0 aliphatic carbocycles. The van der Waals surface area contributed by atoms with Crippen molar-refractivity contribution in [2.75, 3.05) is 0 Å². The molecule has 3 N–H and O–H groups in total. The summed E-state index contributed by atoms with van der Waals surface area (Å²) in [6.07, 6.45) is 0. The number of rotatable bonds is 5. The SMILES string of the molecule is Cc1oc(-c2ccccc2)nc1C(=O)NC(C)c1ccc(S(N)(=O)=O)cc1. The van der Waals surface area contributed by atoms with Gasteiger partial charge in [0.05, 0.1) is 10.9 Å². The summed E-state index contributed by atoms with van der Waals surface area (Å²) in [6.45, 7) is 3.47. The third-order valence-corrected chi connectivity index (χ3v) is 5.02. The highest BCUT2D eigenvalue weighted by Gasteiger charge is 2.20. The Bertz CT molecular complexity index is 1060. The van der Waals surface area contributed by atoms with Gasteiger partial charge in [-0.25, -0.2) is 18.5 Å². The number of hydrogen-bond donors (Lipinski definition) is 2. The smallest absolute Gasteiger partial charge is 0.274 e. The summed E-state index contributed by atoms with van der Waals surface area (Å²) < 4.78 is 28.3. The normalized spacial score (nSPS) is 12.6. The topological polar surface area (TPSA) is 115 Å². The summed E-state index contributed by atoms with van der Waals surface area (Å²) in [5, 5.41) is 7.92. The maximum atomic E-state index is 12.6. The Morgan fingerprint density at radius 1 is 1.11 bits per heavy atom. The second-order valence-electron chi connectivity index (χ2n) is 6.10. The van der Waals surface area contributed by atoms with E-state index >= 15 is 0 Å². The van der Waals surface area contributed by atoms with Crippen LogP contribution in [0.25, 0.3) is 11.5 Å². The number of aromatic nitrogens is 1. The second-order valence-corrected chi connectivity index (χ2v) is 7.66. The molecule has 0 fully saturated rings. The lowest BCUT2D eigenvalue weighted by Crippen LogP contribution is -2.27. The van der Waals surface area contributed by atoms with Gasteiger partial charge in [0.15, 0.2) is 5.69 Å². The van der Waals surface area contributed by atoms with Crippen LogP contribution in [-0.4, -0.2) is 19.3 Å². The van der Waals surface area contributed by atoms with E-state index in [0.29, 0.717) is 11.7 Å². The first-order valence-electron chi connectivity index (χ1n) is 8.22. The fourth-order valence-corrected chi connectivity index (χ4v) is 3.12. The zero-order valence-electron chi connectivity index (χ0n) is 14.8. The van der Waals surface area contributed by atoms with Gasteiger partial charge in [0.25, 0.3) is 5.91 Å². The number of oxazole rings is 1. The highest BCUT2D eigenvalue weighted by Crippen LogP contribution is 2.22. The van der Waals surface area contributed by atoms with Crippen LogP contribution >= 0.6 is 0 Å². The molecule has 0 spiro atoms. The first-order valence-corrected chi connectivity index (χ1v) is 9.77. The number of hydrogen-bond acceptors (Lipinski definition) is 5. The molecule has 0 saturated heterocycles. The maximum absolute atomic E-state index is 12.6. The van der Waals surface area contributed by atoms with Crippen LogP contribution in [0.5, 0.6) is 0 Å². The molecule has 0 saturated carbocycles. The molecule has 1 heterocycles. The predicted molar refractivity (Wildman–Crippen MR) is 100 cm³/mol. The average Bonchev–Trinajstić information content (AvgIpc) is 3.04. The van der Waals surface area contributed by atoms with E-state index in [-0.39, 0.29) is 22.5 Å². The monoisotopic (exact) mass is 385 g/mol. The van der Waals surface area contributed by atoms with E-state index < -0.39 is 10.0 Å². The van der Waals surface area contributed by atoms with E-state index in [0.717, 1.165) is 11.1 Å². The van der Waals surface area contributed by atoms with E-state index in [9.17, 15) is 13.2 Å². The molecule has 0 aliphatic rings. The van der Waals surface area contributed by atoms with E-state index in [1.807, 2.05) is 30.3 Å². The third kappa shape index (κ3) is 4.24. The summed E-state index contributed by atoms with van der Waals surface area (Å²) in [4.78, 5) is 16.9. The van der Waals surface area contributed by atoms with Crippen molar-refractivity contribution >= 4 is 15.9 Å². The number of carbonyl (C=O) groups is 1. The van der Waals surface area contributed by atoms with Gasteiger partial charge < -0.3 is 9.73 Å². The molecule has 1 amide bonds. The molecule has 0 bridgehead atoms. The van der Waals surface area contributed by atoms with E-state index in [1.54, 1.807) is 26.0 Å². The number of carbonyl (C=O) groups excluding carboxylic acids is 1. The van der Waals surface area contributed by atoms with Gasteiger partial charge >= 0.3 is 0 Å². The lowest BCUT2D eigenvalue weighted by atomic mass is 10.1. The van der Waals surface area contributed by atoms with Crippen molar-refractivity contribution in [1.82, 2.24) is 10.3 Å². The highest BCUT2D eigenvalue weighted by atomic mass is 32.2. The van der Waals surface area contributed by atoms with Crippen molar-refractivity contribution in [2.24, 2.45) is 5.14 Å². The largest absolute Gasteiger partial charge is 0.441 e. The Hall–Kier alpha value is -2.97. The van der Waals surface area contributed by atoms with Gasteiger partial charge in [0.2, 0.25) is 15.9 Å². The summed E-state index contributed by atoms with van der Waals surface area (Å²) in [7, 11) is -3.75. The van der Waals surface area contributed by atoms with E-state index in [1.165, 1.54) is 12.1 Å². The van der Waals surface area contributed by atoms with Gasteiger partial charge in [-0.15, -0.1) is 0 Å². The van der Waals surface area contributed by atoms with Crippen molar-refractivity contribution in [2.45, 2.75) is 24.8 Å². The highest BCUT2D eigenvalue weighted by molar-refractivity contribution is 7.89. The van der Waals surface area contributed by atoms with Crippen molar-refractivity contribution in [3.8, 4) is 11.5 Å². The van der Waals surface area contributed by atoms with Crippen LogP contribution in [0.2, 0.25) is 0 Å². The first kappa shape index (κ1) is 18.8. The molecule has 0 radical (unpaired) electrons. The molecular formula is C19H19N3O4S. The molecule has 2 aromatic carbocycles. The van der Waals surface area contributed by atoms with Crippen molar-refractivity contribution < 1.29 is 17.6 Å². The van der Waals surface area contributed by atoms with Gasteiger partial charge in [-0.2, -0.15) is 0 Å². The number of nitrogens with zero attached hydrogens (tertiary/aromatic N) is 1. The number of nitrogens with two attached hydrogens (primary N) is 1. The van der Waals surface area contributed by atoms with Crippen molar-refractivity contribution in [3.05, 3.63) is 71.6 Å². The number of amides is 1. The molecule has 3 rings (SSSR count). The Morgan fingerprint density at radius 3 is 2.33 bits per heavy atom. The lowest BCUT2D eigenvalue weighted by Gasteiger charge is -2.14. The van der Waals surface area contributed by atoms with Crippen molar-refractivity contribution in [1.29, 1.82) is 0 Å². The number of aryl methyl sites for hydroxylation is 1. The predicted octanol–water partition coefficient (Wildman–Crippen LogP) is 2.79. The number of nitrogens with one attached hydrogen (secondary N) is 1. The first-order chi connectivity index (χ1) is 12.8. The van der Waals surface area contributed by atoms with E-state index in [2.05, 4.69) is 10.3 Å². The van der Waals surface area contributed by atoms with Crippen LogP contribution in [0, 0.1) is 6.92 Å². The van der Waals surface area contributed by atoms with Gasteiger partial charge in [0.1, 0.15) is 5.76 Å². The van der Waals surface area contributed by atoms with Crippen LogP contribution in [0.15, 0.2) is 63.9 Å². The molecule has 0 aliphatic heterocycles. The molecule has 27 heavy (non-hydrogen) atoms. The average molecular weight is 385 g/mol. The van der Waals surface area contributed by atoms with Crippen LogP contribution < -0.4 is 10.5 Å². The number of benzene rings is 2. The number of primary sulfonamides is 1. The van der Waals surface area contributed by atoms with Crippen molar-refractivity contribution in [3.63, 3.8) is 0 Å². The van der Waals surface area contributed by atoms with Gasteiger partial charge in [-0.1, -0.05) is 30.3 Å². The van der Waals surface area contributed by atoms with Gasteiger partial charge in [-0.05, 0) is 43.7 Å². The zero-order valence-corrected chi connectivity index (χ0v) is 15.7. The second kappa shape index (κ2) is 7.34. The Labute approximate surface area is 157 Å². The fourth-order valence-electron chi connectivity index (χ4n) is 2.61. The Morgan fingerprint density at radius 2 is 1.74 bits per heavy atom. The quantitative estimate of drug-likeness (QED) is 0.701. The minimum absolute atomic E-state index is 0.0182. The molecule has 1 unspecified atom stereocenters. The van der Waals surface area contributed by atoms with E-state index in [4.69, 9.17) is 9.56 Å². The maximum Gasteiger partial charge on any atom is 0.274 e. The van der Waals surface area contributed by atoms with Gasteiger partial charge in [-0.3, -0.25) is 4.79 Å². The summed E-state index contributed by atoms with van der Waals surface area (Å²) >= 11 is 0. The molecular weight excluding hydrogens is 366 g/mol. The van der Waals surface area contributed by atoms with Crippen LogP contribution in [0.3, 0.4) is 0 Å². The third-order valence-electron chi connectivity index (χ3n) is 4.09. The fraction of sp³-hybridized carbons (Fsp3) is 0.158. The zero-order chi connectivity index (χ0) is 19.6. The summed E-state index contributed by atoms with van der Waals surface area (Å²) in [5.74, 6) is 0.424. The minimum atomic E-state index is -3.75. The molecule has 8 heteroatoms. The summed E-state index contributed by atoms with van der Waals surface area (Å²) in [5.41, 5.74) is 1.73. The minimum Gasteiger partial charge on any atom is -0.441 e. The Kier molecular flexibility index (Phi) is 5.11. The molecule has 1 aromatic heterocycles. The molecule has 7 nitrogen and oxygen atoms in total. The molecule has 1 atom stereocenters. The number of sulfonamides is 1. The standard InChI is InChI=1S/C19H19N3O4S/c1-12(14-8-10-16(11-9-14)27(20,24)25)21-18(23)17-13(2)26-19(22-17)15-6-4-3-5-7-15/h3-12H,1-2H3,(H,21,23)(H2,20,24,25). The van der Waals surface area contributed by atoms with Crippen LogP contribution in [-0.2, 0) is 10.0 Å². The Balaban J connectivity index is 1.76. The van der Waals surface area contributed by atoms with Crippen LogP contribution in [0.4, 0.5) is 0 Å². The molecule has 140 valence electrons. The van der Waals surface area contributed by atoms with Crippen LogP contribution in [0.1, 0.15) is 34.8 Å². The van der Waals surface area contributed by atoms with Gasteiger partial charge in [0, 0.05) is 5.56 Å². The molecule has 3 aromatic rings. The summed E-state index contributed by atoms with van der Waals surface area (Å²) in [6, 6.07) is 15.0. The lowest BCUT2D eigenvalue weighted by molar-refractivity contribution is 0.0934.